The predicted molar refractivity (Wildman–Crippen MR) is 56.7 cm³/mol. The van der Waals surface area contributed by atoms with Gasteiger partial charge in [0.2, 0.25) is 0 Å². The summed E-state index contributed by atoms with van der Waals surface area (Å²) in [6.07, 6.45) is 1.08. The Balaban J connectivity index is 3.09. The third-order valence-corrected chi connectivity index (χ3v) is 2.37. The van der Waals surface area contributed by atoms with Gasteiger partial charge in [-0.25, -0.2) is 4.68 Å². The van der Waals surface area contributed by atoms with Gasteiger partial charge in [-0.1, -0.05) is 32.9 Å². The maximum absolute atomic E-state index is 4.09. The Morgan fingerprint density at radius 2 is 2.00 bits per heavy atom. The van der Waals surface area contributed by atoms with E-state index in [1.54, 1.807) is 0 Å². The minimum Gasteiger partial charge on any atom is -0.248 e. The average Bonchev–Trinajstić information content (AvgIpc) is 2.31. The van der Waals surface area contributed by atoms with Crippen LogP contribution in [-0.2, 0) is 12.0 Å². The second kappa shape index (κ2) is 3.78. The number of hydrogen-bond donors (Lipinski definition) is 0. The van der Waals surface area contributed by atoms with Gasteiger partial charge in [0.05, 0.1) is 5.69 Å². The van der Waals surface area contributed by atoms with E-state index < -0.39 is 0 Å². The zero-order chi connectivity index (χ0) is 10.1. The van der Waals surface area contributed by atoms with Crippen LogP contribution in [0.3, 0.4) is 0 Å². The summed E-state index contributed by atoms with van der Waals surface area (Å²) in [6, 6.07) is 0. The zero-order valence-corrected chi connectivity index (χ0v) is 10.2. The molecule has 4 heteroatoms. The smallest absolute Gasteiger partial charge is 0.152 e. The Kier molecular flexibility index (Phi) is 3.11. The van der Waals surface area contributed by atoms with E-state index in [1.165, 1.54) is 5.69 Å². The highest BCUT2D eigenvalue weighted by Gasteiger charge is 2.23. The molecule has 0 saturated heterocycles. The lowest BCUT2D eigenvalue weighted by Gasteiger charge is -2.19. The Bertz CT molecular complexity index is 286. The molecule has 0 amide bonds. The fourth-order valence-electron chi connectivity index (χ4n) is 1.36. The maximum atomic E-state index is 4.09. The van der Waals surface area contributed by atoms with Crippen LogP contribution in [0, 0.1) is 0 Å². The molecule has 0 saturated carbocycles. The predicted octanol–water partition coefficient (Wildman–Crippen LogP) is 2.75. The molecule has 1 aromatic heterocycles. The van der Waals surface area contributed by atoms with Crippen LogP contribution in [0.5, 0.6) is 0 Å². The van der Waals surface area contributed by atoms with Crippen molar-refractivity contribution in [2.75, 3.05) is 0 Å². The molecule has 0 N–H and O–H groups in total. The van der Waals surface area contributed by atoms with Crippen molar-refractivity contribution >= 4 is 15.9 Å². The summed E-state index contributed by atoms with van der Waals surface area (Å²) in [7, 11) is 0. The highest BCUT2D eigenvalue weighted by Crippen LogP contribution is 2.27. The van der Waals surface area contributed by atoms with Crippen molar-refractivity contribution in [3.05, 3.63) is 10.3 Å². The van der Waals surface area contributed by atoms with Gasteiger partial charge in [0.1, 0.15) is 0 Å². The summed E-state index contributed by atoms with van der Waals surface area (Å²) in [6.45, 7) is 9.58. The zero-order valence-electron chi connectivity index (χ0n) is 8.63. The van der Waals surface area contributed by atoms with Crippen LogP contribution < -0.4 is 0 Å². The summed E-state index contributed by atoms with van der Waals surface area (Å²) in [5.41, 5.74) is 1.27. The van der Waals surface area contributed by atoms with Gasteiger partial charge >= 0.3 is 0 Å². The van der Waals surface area contributed by atoms with Gasteiger partial charge < -0.3 is 0 Å². The highest BCUT2D eigenvalue weighted by molar-refractivity contribution is 9.10. The van der Waals surface area contributed by atoms with E-state index in [0.29, 0.717) is 0 Å². The van der Waals surface area contributed by atoms with Crippen LogP contribution in [0.15, 0.2) is 4.60 Å². The lowest BCUT2D eigenvalue weighted by Crippen LogP contribution is -2.19. The lowest BCUT2D eigenvalue weighted by atomic mass is 9.93. The fraction of sp³-hybridized carbons (Fsp3) is 0.778. The van der Waals surface area contributed by atoms with Gasteiger partial charge in [-0.3, -0.25) is 0 Å². The van der Waals surface area contributed by atoms with Gasteiger partial charge in [-0.15, -0.1) is 5.10 Å². The quantitative estimate of drug-likeness (QED) is 0.803. The largest absolute Gasteiger partial charge is 0.248 e. The van der Waals surface area contributed by atoms with Gasteiger partial charge in [-0.05, 0) is 22.4 Å². The molecule has 0 bridgehead atoms. The van der Waals surface area contributed by atoms with Crippen molar-refractivity contribution in [3.63, 3.8) is 0 Å². The van der Waals surface area contributed by atoms with Crippen molar-refractivity contribution in [1.82, 2.24) is 15.0 Å². The first kappa shape index (κ1) is 10.7. The van der Waals surface area contributed by atoms with Gasteiger partial charge in [0.15, 0.2) is 4.60 Å². The van der Waals surface area contributed by atoms with Crippen LogP contribution in [0.2, 0.25) is 0 Å². The van der Waals surface area contributed by atoms with Crippen LogP contribution in [0.1, 0.15) is 39.8 Å². The molecule has 3 nitrogen and oxygen atoms in total. The number of rotatable bonds is 2. The Labute approximate surface area is 87.6 Å². The second-order valence-electron chi connectivity index (χ2n) is 4.20. The molecule has 0 atom stereocenters. The monoisotopic (exact) mass is 245 g/mol. The number of aryl methyl sites for hydroxylation is 1. The van der Waals surface area contributed by atoms with Crippen molar-refractivity contribution in [3.8, 4) is 0 Å². The van der Waals surface area contributed by atoms with E-state index in [2.05, 4.69) is 53.9 Å². The first-order valence-corrected chi connectivity index (χ1v) is 5.35. The Hall–Kier alpha value is -0.380. The molecule has 13 heavy (non-hydrogen) atoms. The first-order valence-electron chi connectivity index (χ1n) is 4.56. The Morgan fingerprint density at radius 1 is 1.38 bits per heavy atom. The Morgan fingerprint density at radius 3 is 2.46 bits per heavy atom. The fourth-order valence-corrected chi connectivity index (χ4v) is 2.23. The molecule has 74 valence electrons. The molecule has 1 rings (SSSR count). The molecule has 1 heterocycles. The van der Waals surface area contributed by atoms with Crippen molar-refractivity contribution < 1.29 is 0 Å². The molecule has 0 aliphatic heterocycles. The lowest BCUT2D eigenvalue weighted by molar-refractivity contribution is 0.475. The van der Waals surface area contributed by atoms with Crippen molar-refractivity contribution in [1.29, 1.82) is 0 Å². The normalized spacial score (nSPS) is 12.1. The molecule has 0 aliphatic carbocycles. The molecule has 1 aromatic rings. The van der Waals surface area contributed by atoms with Crippen LogP contribution in [0.4, 0.5) is 0 Å². The molecule has 0 radical (unpaired) electrons. The van der Waals surface area contributed by atoms with E-state index in [4.69, 9.17) is 0 Å². The number of hydrogen-bond acceptors (Lipinski definition) is 2. The molecule has 0 fully saturated rings. The van der Waals surface area contributed by atoms with Crippen molar-refractivity contribution in [2.45, 2.75) is 46.1 Å². The molecule has 0 spiro atoms. The van der Waals surface area contributed by atoms with Crippen molar-refractivity contribution in [2.24, 2.45) is 0 Å². The van der Waals surface area contributed by atoms with Gasteiger partial charge in [0, 0.05) is 12.0 Å². The van der Waals surface area contributed by atoms with Gasteiger partial charge in [-0.2, -0.15) is 0 Å². The minimum absolute atomic E-state index is 0.0947. The standard InChI is InChI=1S/C9H16BrN3/c1-5-6-13-7(9(2,3)4)8(10)11-12-13/h5-6H2,1-4H3. The summed E-state index contributed by atoms with van der Waals surface area (Å²) in [5.74, 6) is 0. The second-order valence-corrected chi connectivity index (χ2v) is 4.95. The minimum atomic E-state index is 0.0947. The van der Waals surface area contributed by atoms with E-state index in [0.717, 1.165) is 17.6 Å². The topological polar surface area (TPSA) is 30.7 Å². The molecule has 0 unspecified atom stereocenters. The first-order chi connectivity index (χ1) is 5.96. The van der Waals surface area contributed by atoms with Crippen LogP contribution in [0.25, 0.3) is 0 Å². The number of halogens is 1. The van der Waals surface area contributed by atoms with E-state index in [-0.39, 0.29) is 5.41 Å². The average molecular weight is 246 g/mol. The molecule has 0 aromatic carbocycles. The molecular weight excluding hydrogens is 230 g/mol. The van der Waals surface area contributed by atoms with Crippen LogP contribution >= 0.6 is 15.9 Å². The highest BCUT2D eigenvalue weighted by atomic mass is 79.9. The SMILES string of the molecule is CCCn1nnc(Br)c1C(C)(C)C. The van der Waals surface area contributed by atoms with Gasteiger partial charge in [0.25, 0.3) is 0 Å². The third kappa shape index (κ3) is 2.30. The molecular formula is C9H16BrN3. The number of aromatic nitrogens is 3. The number of nitrogens with zero attached hydrogens (tertiary/aromatic N) is 3. The van der Waals surface area contributed by atoms with E-state index >= 15 is 0 Å². The summed E-state index contributed by atoms with van der Waals surface area (Å²) in [5, 5.41) is 8.12. The summed E-state index contributed by atoms with van der Waals surface area (Å²) in [4.78, 5) is 0. The van der Waals surface area contributed by atoms with E-state index in [9.17, 15) is 0 Å². The summed E-state index contributed by atoms with van der Waals surface area (Å²) >= 11 is 3.43. The summed E-state index contributed by atoms with van der Waals surface area (Å²) < 4.78 is 2.85. The maximum Gasteiger partial charge on any atom is 0.152 e. The van der Waals surface area contributed by atoms with Crippen LogP contribution in [-0.4, -0.2) is 15.0 Å². The van der Waals surface area contributed by atoms with E-state index in [1.807, 2.05) is 4.68 Å². The third-order valence-electron chi connectivity index (χ3n) is 1.84. The molecule has 0 aliphatic rings.